The van der Waals surface area contributed by atoms with Crippen LogP contribution in [0.3, 0.4) is 0 Å². The number of hydrogen-bond acceptors (Lipinski definition) is 5. The van der Waals surface area contributed by atoms with Crippen molar-refractivity contribution in [3.8, 4) is 5.75 Å². The third-order valence-electron chi connectivity index (χ3n) is 4.69. The minimum absolute atomic E-state index is 0.0330. The number of nitrogens with zero attached hydrogens (tertiary/aromatic N) is 1. The van der Waals surface area contributed by atoms with Crippen molar-refractivity contribution in [3.63, 3.8) is 0 Å². The molecule has 0 saturated carbocycles. The van der Waals surface area contributed by atoms with Crippen molar-refractivity contribution in [1.82, 2.24) is 0 Å². The summed E-state index contributed by atoms with van der Waals surface area (Å²) in [6.07, 6.45) is 0. The second-order valence-electron chi connectivity index (χ2n) is 6.40. The molecule has 4 rings (SSSR count). The van der Waals surface area contributed by atoms with Gasteiger partial charge in [0.25, 0.3) is 11.7 Å². The Morgan fingerprint density at radius 1 is 1.10 bits per heavy atom. The number of Topliss-reactive ketones (excluding diaryl/α,β-unsaturated/α-hetero) is 1. The highest BCUT2D eigenvalue weighted by molar-refractivity contribution is 7.10. The number of halogens is 1. The molecule has 146 valence electrons. The lowest BCUT2D eigenvalue weighted by Gasteiger charge is -2.24. The molecule has 2 heterocycles. The Morgan fingerprint density at radius 2 is 1.90 bits per heavy atom. The first-order valence-corrected chi connectivity index (χ1v) is 10.0. The molecule has 1 atom stereocenters. The Hall–Kier alpha value is -3.09. The fourth-order valence-corrected chi connectivity index (χ4v) is 4.37. The Bertz CT molecular complexity index is 1120. The summed E-state index contributed by atoms with van der Waals surface area (Å²) in [6, 6.07) is 16.4. The topological polar surface area (TPSA) is 66.8 Å². The number of aliphatic hydroxyl groups excluding tert-OH is 1. The summed E-state index contributed by atoms with van der Waals surface area (Å²) in [5.74, 6) is -1.17. The highest BCUT2D eigenvalue weighted by Gasteiger charge is 2.47. The number of hydrogen-bond donors (Lipinski definition) is 1. The Kier molecular flexibility index (Phi) is 5.13. The van der Waals surface area contributed by atoms with Crippen LogP contribution in [0.15, 0.2) is 71.6 Å². The zero-order chi connectivity index (χ0) is 20.5. The van der Waals surface area contributed by atoms with Crippen LogP contribution in [-0.4, -0.2) is 23.9 Å². The van der Waals surface area contributed by atoms with Gasteiger partial charge in [0, 0.05) is 21.2 Å². The van der Waals surface area contributed by atoms with E-state index >= 15 is 0 Å². The van der Waals surface area contributed by atoms with Crippen LogP contribution >= 0.6 is 22.9 Å². The van der Waals surface area contributed by atoms with Crippen molar-refractivity contribution in [2.45, 2.75) is 6.04 Å². The SMILES string of the molecule is COc1cccc(/C(O)=C2/C(=O)C(=O)N(c3cccc(Cl)c3)C2c2cccs2)c1. The number of benzene rings is 2. The first kappa shape index (κ1) is 19.2. The summed E-state index contributed by atoms with van der Waals surface area (Å²) in [5.41, 5.74) is 0.920. The molecule has 1 N–H and O–H groups in total. The van der Waals surface area contributed by atoms with Gasteiger partial charge >= 0.3 is 0 Å². The van der Waals surface area contributed by atoms with Gasteiger partial charge in [0.15, 0.2) is 0 Å². The molecule has 0 aliphatic carbocycles. The van der Waals surface area contributed by atoms with Crippen molar-refractivity contribution in [1.29, 1.82) is 0 Å². The van der Waals surface area contributed by atoms with Gasteiger partial charge in [0.05, 0.1) is 12.7 Å². The lowest BCUT2D eigenvalue weighted by Crippen LogP contribution is -2.29. The maximum absolute atomic E-state index is 13.0. The van der Waals surface area contributed by atoms with Crippen LogP contribution in [-0.2, 0) is 9.59 Å². The van der Waals surface area contributed by atoms with E-state index in [2.05, 4.69) is 0 Å². The maximum atomic E-state index is 13.0. The molecule has 29 heavy (non-hydrogen) atoms. The van der Waals surface area contributed by atoms with Crippen molar-refractivity contribution < 1.29 is 19.4 Å². The molecule has 0 bridgehead atoms. The van der Waals surface area contributed by atoms with Gasteiger partial charge in [-0.25, -0.2) is 0 Å². The van der Waals surface area contributed by atoms with Gasteiger partial charge in [0.1, 0.15) is 17.6 Å². The summed E-state index contributed by atoms with van der Waals surface area (Å²) in [5, 5.41) is 13.3. The average Bonchev–Trinajstić information content (AvgIpc) is 3.35. The predicted octanol–water partition coefficient (Wildman–Crippen LogP) is 5.04. The van der Waals surface area contributed by atoms with Crippen LogP contribution in [0.2, 0.25) is 5.02 Å². The standard InChI is InChI=1S/C22H16ClNO4S/c1-28-16-8-2-5-13(11-16)20(25)18-19(17-9-4-10-29-17)24(22(27)21(18)26)15-7-3-6-14(23)12-15/h2-12,19,25H,1H3/b20-18-. The molecule has 7 heteroatoms. The number of carbonyl (C=O) groups is 2. The van der Waals surface area contributed by atoms with E-state index in [9.17, 15) is 14.7 Å². The summed E-state index contributed by atoms with van der Waals surface area (Å²) < 4.78 is 5.21. The van der Waals surface area contributed by atoms with Gasteiger partial charge in [-0.1, -0.05) is 35.9 Å². The molecule has 0 radical (unpaired) electrons. The smallest absolute Gasteiger partial charge is 0.300 e. The van der Waals surface area contributed by atoms with E-state index in [4.69, 9.17) is 16.3 Å². The van der Waals surface area contributed by atoms with Crippen LogP contribution in [0.5, 0.6) is 5.75 Å². The van der Waals surface area contributed by atoms with Gasteiger partial charge in [-0.3, -0.25) is 14.5 Å². The van der Waals surface area contributed by atoms with E-state index in [1.165, 1.54) is 23.3 Å². The first-order chi connectivity index (χ1) is 14.0. The van der Waals surface area contributed by atoms with Crippen molar-refractivity contribution in [2.24, 2.45) is 0 Å². The number of ether oxygens (including phenoxy) is 1. The third kappa shape index (κ3) is 3.41. The number of amides is 1. The molecule has 5 nitrogen and oxygen atoms in total. The fourth-order valence-electron chi connectivity index (χ4n) is 3.37. The van der Waals surface area contributed by atoms with Crippen LogP contribution in [0.1, 0.15) is 16.5 Å². The molecular weight excluding hydrogens is 410 g/mol. The van der Waals surface area contributed by atoms with E-state index in [-0.39, 0.29) is 11.3 Å². The molecule has 3 aromatic rings. The second-order valence-corrected chi connectivity index (χ2v) is 7.81. The molecule has 1 saturated heterocycles. The van der Waals surface area contributed by atoms with Gasteiger partial charge in [0.2, 0.25) is 0 Å². The fraction of sp³-hybridized carbons (Fsp3) is 0.0909. The van der Waals surface area contributed by atoms with Gasteiger partial charge in [-0.05, 0) is 41.8 Å². The normalized spacial score (nSPS) is 18.3. The molecule has 1 fully saturated rings. The lowest BCUT2D eigenvalue weighted by molar-refractivity contribution is -0.132. The van der Waals surface area contributed by atoms with E-state index < -0.39 is 17.7 Å². The third-order valence-corrected chi connectivity index (χ3v) is 5.85. The van der Waals surface area contributed by atoms with E-state index in [0.717, 1.165) is 4.88 Å². The van der Waals surface area contributed by atoms with E-state index in [1.54, 1.807) is 48.5 Å². The molecule has 1 aliphatic rings. The number of aliphatic hydroxyl groups is 1. The first-order valence-electron chi connectivity index (χ1n) is 8.75. The average molecular weight is 426 g/mol. The molecule has 0 spiro atoms. The summed E-state index contributed by atoms with van der Waals surface area (Å²) in [6.45, 7) is 0. The van der Waals surface area contributed by atoms with Crippen LogP contribution < -0.4 is 9.64 Å². The minimum atomic E-state index is -0.750. The quantitative estimate of drug-likeness (QED) is 0.361. The Balaban J connectivity index is 1.93. The van der Waals surface area contributed by atoms with Crippen molar-refractivity contribution >= 4 is 46.1 Å². The maximum Gasteiger partial charge on any atom is 0.300 e. The Morgan fingerprint density at radius 3 is 2.59 bits per heavy atom. The van der Waals surface area contributed by atoms with Gasteiger partial charge in [-0.15, -0.1) is 11.3 Å². The number of methoxy groups -OCH3 is 1. The van der Waals surface area contributed by atoms with E-state index in [0.29, 0.717) is 22.0 Å². The molecule has 1 amide bonds. The minimum Gasteiger partial charge on any atom is -0.507 e. The summed E-state index contributed by atoms with van der Waals surface area (Å²) in [4.78, 5) is 28.1. The predicted molar refractivity (Wildman–Crippen MR) is 114 cm³/mol. The second kappa shape index (κ2) is 7.73. The molecule has 1 aliphatic heterocycles. The molecule has 1 aromatic heterocycles. The van der Waals surface area contributed by atoms with Gasteiger partial charge < -0.3 is 9.84 Å². The molecular formula is C22H16ClNO4S. The Labute approximate surface area is 176 Å². The van der Waals surface area contributed by atoms with Crippen molar-refractivity contribution in [2.75, 3.05) is 12.0 Å². The number of anilines is 1. The number of rotatable bonds is 4. The van der Waals surface area contributed by atoms with Crippen LogP contribution in [0.4, 0.5) is 5.69 Å². The highest BCUT2D eigenvalue weighted by Crippen LogP contribution is 2.44. The van der Waals surface area contributed by atoms with Gasteiger partial charge in [-0.2, -0.15) is 0 Å². The zero-order valence-corrected chi connectivity index (χ0v) is 16.9. The largest absolute Gasteiger partial charge is 0.507 e. The van der Waals surface area contributed by atoms with Crippen LogP contribution in [0.25, 0.3) is 5.76 Å². The van der Waals surface area contributed by atoms with Crippen LogP contribution in [0, 0.1) is 0 Å². The zero-order valence-electron chi connectivity index (χ0n) is 15.3. The number of thiophene rings is 1. The highest BCUT2D eigenvalue weighted by atomic mass is 35.5. The number of carbonyl (C=O) groups excluding carboxylic acids is 2. The summed E-state index contributed by atoms with van der Waals surface area (Å²) in [7, 11) is 1.52. The monoisotopic (exact) mass is 425 g/mol. The summed E-state index contributed by atoms with van der Waals surface area (Å²) >= 11 is 7.51. The number of ketones is 1. The molecule has 1 unspecified atom stereocenters. The molecule has 2 aromatic carbocycles. The van der Waals surface area contributed by atoms with E-state index in [1.807, 2.05) is 17.5 Å². The van der Waals surface area contributed by atoms with Crippen molar-refractivity contribution in [3.05, 3.63) is 87.1 Å². The lowest BCUT2D eigenvalue weighted by atomic mass is 9.99.